The topological polar surface area (TPSA) is 75.5 Å². The van der Waals surface area contributed by atoms with Gasteiger partial charge >= 0.3 is 0 Å². The second-order valence-electron chi connectivity index (χ2n) is 5.22. The molecule has 6 nitrogen and oxygen atoms in total. The zero-order valence-electron chi connectivity index (χ0n) is 12.1. The van der Waals surface area contributed by atoms with Crippen LogP contribution in [0.25, 0.3) is 0 Å². The highest BCUT2D eigenvalue weighted by Crippen LogP contribution is 2.27. The van der Waals surface area contributed by atoms with Crippen LogP contribution in [0, 0.1) is 10.1 Å². The van der Waals surface area contributed by atoms with Crippen molar-refractivity contribution in [2.45, 2.75) is 24.9 Å². The monoisotopic (exact) mass is 369 g/mol. The molecule has 0 saturated carbocycles. The first-order valence-corrected chi connectivity index (χ1v) is 6.86. The molecular weight excluding hydrogens is 355 g/mol. The normalized spacial score (nSPS) is 19.0. The molecule has 10 heteroatoms. The van der Waals surface area contributed by atoms with E-state index in [1.54, 1.807) is 0 Å². The highest BCUT2D eigenvalue weighted by molar-refractivity contribution is 6.31. The number of benzene rings is 1. The average molecular weight is 370 g/mol. The molecule has 1 aliphatic heterocycles. The third-order valence-corrected chi connectivity index (χ3v) is 3.80. The molecule has 1 amide bonds. The summed E-state index contributed by atoms with van der Waals surface area (Å²) in [5, 5.41) is 13.5. The second-order valence-corrected chi connectivity index (χ2v) is 5.63. The smallest absolute Gasteiger partial charge is 0.269 e. The quantitative estimate of drug-likeness (QED) is 0.653. The van der Waals surface area contributed by atoms with Crippen molar-refractivity contribution in [2.24, 2.45) is 0 Å². The Kier molecular flexibility index (Phi) is 6.26. The first kappa shape index (κ1) is 19.5. The fraction of sp³-hybridized carbons (Fsp3) is 0.462. The number of hydrogen-bond donors (Lipinski definition) is 1. The van der Waals surface area contributed by atoms with Gasteiger partial charge in [0.05, 0.1) is 17.5 Å². The van der Waals surface area contributed by atoms with Crippen LogP contribution in [0.2, 0.25) is 5.02 Å². The van der Waals surface area contributed by atoms with Crippen LogP contribution < -0.4 is 5.32 Å². The Hall–Kier alpha value is -1.51. The van der Waals surface area contributed by atoms with Gasteiger partial charge in [0.15, 0.2) is 0 Å². The number of hydrogen-bond acceptors (Lipinski definition) is 4. The Labute approximate surface area is 142 Å². The molecule has 1 aromatic rings. The molecule has 1 atom stereocenters. The predicted octanol–water partition coefficient (Wildman–Crippen LogP) is 2.63. The number of halogens is 4. The summed E-state index contributed by atoms with van der Waals surface area (Å²) in [5.74, 6) is -3.40. The molecule has 1 heterocycles. The maximum Gasteiger partial charge on any atom is 0.269 e. The Balaban J connectivity index is 0.00000264. The van der Waals surface area contributed by atoms with Crippen molar-refractivity contribution in [1.29, 1.82) is 0 Å². The summed E-state index contributed by atoms with van der Waals surface area (Å²) < 4.78 is 26.2. The lowest BCUT2D eigenvalue weighted by Crippen LogP contribution is -2.41. The lowest BCUT2D eigenvalue weighted by atomic mass is 10.1. The van der Waals surface area contributed by atoms with Crippen LogP contribution in [0.3, 0.4) is 0 Å². The van der Waals surface area contributed by atoms with E-state index in [9.17, 15) is 23.7 Å². The molecule has 0 aromatic heterocycles. The molecular formula is C13H15Cl2F2N3O3. The number of nitrogens with zero attached hydrogens (tertiary/aromatic N) is 2. The highest BCUT2D eigenvalue weighted by atomic mass is 35.5. The summed E-state index contributed by atoms with van der Waals surface area (Å²) in [7, 11) is 1.44. The lowest BCUT2D eigenvalue weighted by Gasteiger charge is -2.21. The van der Waals surface area contributed by atoms with Crippen LogP contribution in [0.5, 0.6) is 0 Å². The van der Waals surface area contributed by atoms with E-state index in [4.69, 9.17) is 11.6 Å². The van der Waals surface area contributed by atoms with Gasteiger partial charge in [0.25, 0.3) is 11.6 Å². The van der Waals surface area contributed by atoms with Crippen LogP contribution in [0.4, 0.5) is 14.5 Å². The fourth-order valence-corrected chi connectivity index (χ4v) is 2.46. The van der Waals surface area contributed by atoms with Crippen LogP contribution in [0.15, 0.2) is 18.2 Å². The lowest BCUT2D eigenvalue weighted by molar-refractivity contribution is -0.384. The Bertz CT molecular complexity index is 616. The van der Waals surface area contributed by atoms with Crippen LogP contribution in [0.1, 0.15) is 12.0 Å². The summed E-state index contributed by atoms with van der Waals surface area (Å²) in [4.78, 5) is 23.5. The molecule has 1 unspecified atom stereocenters. The molecule has 0 bridgehead atoms. The molecule has 0 radical (unpaired) electrons. The zero-order chi connectivity index (χ0) is 16.5. The first-order valence-electron chi connectivity index (χ1n) is 6.48. The first-order chi connectivity index (χ1) is 10.2. The van der Waals surface area contributed by atoms with Crippen molar-refractivity contribution in [3.8, 4) is 0 Å². The largest absolute Gasteiger partial charge is 0.340 e. The number of likely N-dealkylation sites (N-methyl/N-ethyl adjacent to an activating group) is 1. The van der Waals surface area contributed by atoms with Crippen molar-refractivity contribution >= 4 is 35.6 Å². The third-order valence-electron chi connectivity index (χ3n) is 3.43. The fourth-order valence-electron chi connectivity index (χ4n) is 2.29. The second kappa shape index (κ2) is 7.37. The van der Waals surface area contributed by atoms with Gasteiger partial charge in [-0.2, -0.15) is 0 Å². The van der Waals surface area contributed by atoms with Gasteiger partial charge in [0.1, 0.15) is 0 Å². The van der Waals surface area contributed by atoms with Gasteiger partial charge in [-0.05, 0) is 11.6 Å². The number of carbonyl (C=O) groups excluding carboxylic acids is 1. The van der Waals surface area contributed by atoms with E-state index in [0.717, 1.165) is 0 Å². The molecule has 1 fully saturated rings. The molecule has 23 heavy (non-hydrogen) atoms. The van der Waals surface area contributed by atoms with Gasteiger partial charge in [-0.15, -0.1) is 12.4 Å². The molecule has 0 aliphatic carbocycles. The van der Waals surface area contributed by atoms with E-state index in [-0.39, 0.29) is 29.7 Å². The molecule has 1 aromatic carbocycles. The van der Waals surface area contributed by atoms with Gasteiger partial charge in [0.2, 0.25) is 5.91 Å². The highest BCUT2D eigenvalue weighted by Gasteiger charge is 2.43. The Morgan fingerprint density at radius 1 is 1.57 bits per heavy atom. The summed E-state index contributed by atoms with van der Waals surface area (Å²) in [6.45, 7) is -0.530. The number of rotatable bonds is 4. The number of nitro benzene ring substituents is 1. The third kappa shape index (κ3) is 4.73. The number of nitrogens with one attached hydrogen (secondary N) is 1. The van der Waals surface area contributed by atoms with Crippen molar-refractivity contribution in [3.63, 3.8) is 0 Å². The molecule has 0 spiro atoms. The van der Waals surface area contributed by atoms with Crippen LogP contribution in [-0.2, 0) is 11.3 Å². The number of non-ortho nitro benzene ring substituents is 1. The van der Waals surface area contributed by atoms with Crippen molar-refractivity contribution in [2.75, 3.05) is 13.6 Å². The van der Waals surface area contributed by atoms with Gasteiger partial charge in [-0.25, -0.2) is 8.78 Å². The van der Waals surface area contributed by atoms with Crippen LogP contribution >= 0.6 is 24.0 Å². The standard InChI is InChI=1S/C13H14ClF2N3O3.ClH/c1-18(12(20)11-5-13(15,16)7-17-11)6-8-4-9(19(21)22)2-3-10(8)14;/h2-4,11,17H,5-7H2,1H3;1H. The van der Waals surface area contributed by atoms with Gasteiger partial charge in [0, 0.05) is 37.2 Å². The molecule has 1 saturated heterocycles. The van der Waals surface area contributed by atoms with E-state index in [2.05, 4.69) is 5.32 Å². The minimum Gasteiger partial charge on any atom is -0.340 e. The Morgan fingerprint density at radius 2 is 2.22 bits per heavy atom. The van der Waals surface area contributed by atoms with E-state index in [0.29, 0.717) is 5.56 Å². The summed E-state index contributed by atoms with van der Waals surface area (Å²) >= 11 is 5.96. The molecule has 128 valence electrons. The maximum atomic E-state index is 13.1. The summed E-state index contributed by atoms with van der Waals surface area (Å²) in [6.07, 6.45) is -0.557. The van der Waals surface area contributed by atoms with E-state index in [1.165, 1.54) is 30.1 Å². The minimum atomic E-state index is -2.90. The zero-order valence-corrected chi connectivity index (χ0v) is 13.7. The summed E-state index contributed by atoms with van der Waals surface area (Å²) in [5.41, 5.74) is 0.238. The van der Waals surface area contributed by atoms with E-state index < -0.39 is 35.8 Å². The maximum absolute atomic E-state index is 13.1. The van der Waals surface area contributed by atoms with Gasteiger partial charge in [-0.1, -0.05) is 11.6 Å². The number of nitro groups is 1. The van der Waals surface area contributed by atoms with Crippen molar-refractivity contribution in [3.05, 3.63) is 38.9 Å². The van der Waals surface area contributed by atoms with Gasteiger partial charge < -0.3 is 4.90 Å². The molecule has 2 rings (SSSR count). The van der Waals surface area contributed by atoms with Crippen molar-refractivity contribution in [1.82, 2.24) is 10.2 Å². The number of carbonyl (C=O) groups is 1. The molecule has 1 N–H and O–H groups in total. The van der Waals surface area contributed by atoms with E-state index >= 15 is 0 Å². The van der Waals surface area contributed by atoms with Crippen LogP contribution in [-0.4, -0.2) is 41.3 Å². The van der Waals surface area contributed by atoms with Gasteiger partial charge in [-0.3, -0.25) is 20.2 Å². The summed E-state index contributed by atoms with van der Waals surface area (Å²) in [6, 6.07) is 2.93. The van der Waals surface area contributed by atoms with Crippen molar-refractivity contribution < 1.29 is 18.5 Å². The predicted molar refractivity (Wildman–Crippen MR) is 83.2 cm³/mol. The van der Waals surface area contributed by atoms with E-state index in [1.807, 2.05) is 0 Å². The Morgan fingerprint density at radius 3 is 2.74 bits per heavy atom. The average Bonchev–Trinajstić information content (AvgIpc) is 2.80. The molecule has 1 aliphatic rings. The SMILES string of the molecule is CN(Cc1cc([N+](=O)[O-])ccc1Cl)C(=O)C1CC(F)(F)CN1.Cl. The minimum absolute atomic E-state index is 0. The number of alkyl halides is 2. The number of amides is 1.